The molecule has 1 aliphatic rings. The summed E-state index contributed by atoms with van der Waals surface area (Å²) in [6.07, 6.45) is 5.42. The highest BCUT2D eigenvalue weighted by molar-refractivity contribution is 5.77. The SMILES string of the molecule is C=CCNC(N)=NCC1CCCc2ccccc21. The molecule has 1 aliphatic carbocycles. The topological polar surface area (TPSA) is 50.4 Å². The van der Waals surface area contributed by atoms with Gasteiger partial charge in [0.15, 0.2) is 5.96 Å². The summed E-state index contributed by atoms with van der Waals surface area (Å²) in [5.41, 5.74) is 8.71. The molecule has 2 rings (SSSR count). The minimum atomic E-state index is 0.512. The normalized spacial score (nSPS) is 19.1. The van der Waals surface area contributed by atoms with Crippen LogP contribution in [0, 0.1) is 0 Å². The maximum atomic E-state index is 5.79. The number of nitrogens with one attached hydrogen (secondary N) is 1. The van der Waals surface area contributed by atoms with Crippen molar-refractivity contribution in [3.63, 3.8) is 0 Å². The molecular formula is C15H21N3. The molecule has 1 aromatic carbocycles. The molecular weight excluding hydrogens is 222 g/mol. The molecule has 0 heterocycles. The van der Waals surface area contributed by atoms with Gasteiger partial charge in [-0.25, -0.2) is 0 Å². The fourth-order valence-electron chi connectivity index (χ4n) is 2.49. The lowest BCUT2D eigenvalue weighted by Crippen LogP contribution is -2.32. The van der Waals surface area contributed by atoms with E-state index in [4.69, 9.17) is 5.73 Å². The summed E-state index contributed by atoms with van der Waals surface area (Å²) < 4.78 is 0. The van der Waals surface area contributed by atoms with Crippen molar-refractivity contribution in [3.05, 3.63) is 48.0 Å². The van der Waals surface area contributed by atoms with Gasteiger partial charge in [0.05, 0.1) is 0 Å². The summed E-state index contributed by atoms with van der Waals surface area (Å²) >= 11 is 0. The molecule has 3 N–H and O–H groups in total. The molecule has 0 saturated heterocycles. The van der Waals surface area contributed by atoms with E-state index in [1.54, 1.807) is 6.08 Å². The standard InChI is InChI=1S/C15H21N3/c1-2-10-17-15(16)18-11-13-8-5-7-12-6-3-4-9-14(12)13/h2-4,6,9,13H,1,5,7-8,10-11H2,(H3,16,17,18). The number of rotatable bonds is 4. The molecule has 0 radical (unpaired) electrons. The van der Waals surface area contributed by atoms with E-state index in [2.05, 4.69) is 41.2 Å². The highest BCUT2D eigenvalue weighted by atomic mass is 15.1. The third-order valence-corrected chi connectivity index (χ3v) is 3.40. The van der Waals surface area contributed by atoms with Crippen molar-refractivity contribution in [1.29, 1.82) is 0 Å². The van der Waals surface area contributed by atoms with E-state index in [0.29, 0.717) is 18.4 Å². The van der Waals surface area contributed by atoms with E-state index >= 15 is 0 Å². The second-order valence-corrected chi connectivity index (χ2v) is 4.68. The summed E-state index contributed by atoms with van der Waals surface area (Å²) in [7, 11) is 0. The smallest absolute Gasteiger partial charge is 0.188 e. The Morgan fingerprint density at radius 1 is 1.50 bits per heavy atom. The van der Waals surface area contributed by atoms with Gasteiger partial charge in [0.2, 0.25) is 0 Å². The molecule has 18 heavy (non-hydrogen) atoms. The van der Waals surface area contributed by atoms with E-state index in [0.717, 1.165) is 6.54 Å². The van der Waals surface area contributed by atoms with Crippen molar-refractivity contribution in [2.24, 2.45) is 10.7 Å². The third-order valence-electron chi connectivity index (χ3n) is 3.40. The van der Waals surface area contributed by atoms with Gasteiger partial charge in [0.1, 0.15) is 0 Å². The van der Waals surface area contributed by atoms with Crippen molar-refractivity contribution in [2.75, 3.05) is 13.1 Å². The summed E-state index contributed by atoms with van der Waals surface area (Å²) in [5, 5.41) is 3.01. The minimum Gasteiger partial charge on any atom is -0.370 e. The second-order valence-electron chi connectivity index (χ2n) is 4.68. The van der Waals surface area contributed by atoms with E-state index < -0.39 is 0 Å². The van der Waals surface area contributed by atoms with Crippen LogP contribution >= 0.6 is 0 Å². The van der Waals surface area contributed by atoms with Crippen LogP contribution in [0.15, 0.2) is 41.9 Å². The lowest BCUT2D eigenvalue weighted by atomic mass is 9.83. The molecule has 1 atom stereocenters. The van der Waals surface area contributed by atoms with Gasteiger partial charge in [0, 0.05) is 19.0 Å². The van der Waals surface area contributed by atoms with Crippen molar-refractivity contribution in [2.45, 2.75) is 25.2 Å². The Hall–Kier alpha value is -1.77. The first-order valence-electron chi connectivity index (χ1n) is 6.53. The maximum Gasteiger partial charge on any atom is 0.188 e. The number of benzene rings is 1. The van der Waals surface area contributed by atoms with Gasteiger partial charge in [-0.1, -0.05) is 30.3 Å². The lowest BCUT2D eigenvalue weighted by molar-refractivity contribution is 0.560. The van der Waals surface area contributed by atoms with Crippen LogP contribution in [0.25, 0.3) is 0 Å². The highest BCUT2D eigenvalue weighted by Crippen LogP contribution is 2.31. The van der Waals surface area contributed by atoms with Crippen molar-refractivity contribution >= 4 is 5.96 Å². The molecule has 1 aromatic rings. The van der Waals surface area contributed by atoms with E-state index in [1.807, 2.05) is 0 Å². The summed E-state index contributed by atoms with van der Waals surface area (Å²) in [4.78, 5) is 4.42. The fraction of sp³-hybridized carbons (Fsp3) is 0.400. The molecule has 0 aliphatic heterocycles. The van der Waals surface area contributed by atoms with Crippen LogP contribution in [0.1, 0.15) is 29.9 Å². The molecule has 3 heteroatoms. The number of nitrogens with zero attached hydrogens (tertiary/aromatic N) is 1. The van der Waals surface area contributed by atoms with Gasteiger partial charge in [-0.15, -0.1) is 6.58 Å². The Morgan fingerprint density at radius 3 is 3.17 bits per heavy atom. The average molecular weight is 243 g/mol. The number of hydrogen-bond donors (Lipinski definition) is 2. The maximum absolute atomic E-state index is 5.79. The lowest BCUT2D eigenvalue weighted by Gasteiger charge is -2.24. The second kappa shape index (κ2) is 6.24. The number of nitrogens with two attached hydrogens (primary N) is 1. The summed E-state index contributed by atoms with van der Waals surface area (Å²) in [5.74, 6) is 1.02. The molecule has 0 spiro atoms. The zero-order valence-electron chi connectivity index (χ0n) is 10.7. The largest absolute Gasteiger partial charge is 0.370 e. The monoisotopic (exact) mass is 243 g/mol. The van der Waals surface area contributed by atoms with E-state index in [9.17, 15) is 0 Å². The Labute approximate surface area is 109 Å². The molecule has 0 saturated carbocycles. The number of guanidine groups is 1. The van der Waals surface area contributed by atoms with E-state index in [-0.39, 0.29) is 0 Å². The first-order chi connectivity index (χ1) is 8.81. The first-order valence-corrected chi connectivity index (χ1v) is 6.53. The van der Waals surface area contributed by atoms with Crippen molar-refractivity contribution in [1.82, 2.24) is 5.32 Å². The third kappa shape index (κ3) is 3.13. The van der Waals surface area contributed by atoms with Crippen LogP contribution in [0.3, 0.4) is 0 Å². The van der Waals surface area contributed by atoms with E-state index in [1.165, 1.54) is 30.4 Å². The average Bonchev–Trinajstić information content (AvgIpc) is 2.42. The van der Waals surface area contributed by atoms with Crippen LogP contribution in [0.5, 0.6) is 0 Å². The zero-order chi connectivity index (χ0) is 12.8. The summed E-state index contributed by atoms with van der Waals surface area (Å²) in [6.45, 7) is 5.07. The van der Waals surface area contributed by atoms with Crippen LogP contribution in [-0.2, 0) is 6.42 Å². The van der Waals surface area contributed by atoms with Crippen molar-refractivity contribution < 1.29 is 0 Å². The van der Waals surface area contributed by atoms with Gasteiger partial charge >= 0.3 is 0 Å². The van der Waals surface area contributed by atoms with Crippen LogP contribution in [0.4, 0.5) is 0 Å². The Morgan fingerprint density at radius 2 is 2.33 bits per heavy atom. The molecule has 0 aromatic heterocycles. The predicted octanol–water partition coefficient (Wildman–Crippen LogP) is 2.20. The Bertz CT molecular complexity index is 437. The summed E-state index contributed by atoms with van der Waals surface area (Å²) in [6, 6.07) is 8.68. The molecule has 3 nitrogen and oxygen atoms in total. The Kier molecular flexibility index (Phi) is 4.40. The van der Waals surface area contributed by atoms with Gasteiger partial charge in [-0.05, 0) is 30.4 Å². The highest BCUT2D eigenvalue weighted by Gasteiger charge is 2.19. The number of fused-ring (bicyclic) bond motifs is 1. The molecule has 0 fully saturated rings. The quantitative estimate of drug-likeness (QED) is 0.484. The predicted molar refractivity (Wildman–Crippen MR) is 76.8 cm³/mol. The number of aliphatic imine (C=N–C) groups is 1. The zero-order valence-corrected chi connectivity index (χ0v) is 10.7. The number of aryl methyl sites for hydroxylation is 1. The Balaban J connectivity index is 2.01. The molecule has 0 bridgehead atoms. The van der Waals surface area contributed by atoms with Gasteiger partial charge < -0.3 is 11.1 Å². The molecule has 96 valence electrons. The fourth-order valence-corrected chi connectivity index (χ4v) is 2.49. The molecule has 0 amide bonds. The first kappa shape index (κ1) is 12.7. The van der Waals surface area contributed by atoms with Crippen LogP contribution in [0.2, 0.25) is 0 Å². The minimum absolute atomic E-state index is 0.512. The van der Waals surface area contributed by atoms with Gasteiger partial charge in [-0.3, -0.25) is 4.99 Å². The van der Waals surface area contributed by atoms with Crippen molar-refractivity contribution in [3.8, 4) is 0 Å². The van der Waals surface area contributed by atoms with Crippen LogP contribution in [-0.4, -0.2) is 19.0 Å². The van der Waals surface area contributed by atoms with Gasteiger partial charge in [0.25, 0.3) is 0 Å². The van der Waals surface area contributed by atoms with Gasteiger partial charge in [-0.2, -0.15) is 0 Å². The molecule has 1 unspecified atom stereocenters. The number of hydrogen-bond acceptors (Lipinski definition) is 1. The van der Waals surface area contributed by atoms with Crippen LogP contribution < -0.4 is 11.1 Å².